The summed E-state index contributed by atoms with van der Waals surface area (Å²) in [6.45, 7) is 0.384. The van der Waals surface area contributed by atoms with Crippen molar-refractivity contribution < 1.29 is 13.6 Å². The molecule has 0 saturated carbocycles. The minimum atomic E-state index is -0.319. The van der Waals surface area contributed by atoms with Crippen molar-refractivity contribution >= 4 is 5.91 Å². The van der Waals surface area contributed by atoms with E-state index < -0.39 is 0 Å². The Kier molecular flexibility index (Phi) is 4.90. The molecule has 1 amide bonds. The molecule has 2 aromatic heterocycles. The first-order valence-corrected chi connectivity index (χ1v) is 7.44. The molecule has 1 aromatic carbocycles. The number of aromatic nitrogens is 3. The Morgan fingerprint density at radius 3 is 2.75 bits per heavy atom. The van der Waals surface area contributed by atoms with Crippen molar-refractivity contribution in [1.29, 1.82) is 0 Å². The molecule has 0 saturated heterocycles. The number of hydrogen-bond acceptors (Lipinski definition) is 5. The molecule has 0 aliphatic rings. The molecule has 7 heteroatoms. The van der Waals surface area contributed by atoms with Crippen LogP contribution in [0.15, 0.2) is 53.2 Å². The average molecular weight is 326 g/mol. The van der Waals surface area contributed by atoms with Crippen LogP contribution in [0, 0.1) is 5.82 Å². The van der Waals surface area contributed by atoms with E-state index in [0.717, 1.165) is 11.1 Å². The number of halogens is 1. The monoisotopic (exact) mass is 326 g/mol. The van der Waals surface area contributed by atoms with Gasteiger partial charge in [-0.05, 0) is 29.8 Å². The number of hydrogen-bond donors (Lipinski definition) is 1. The van der Waals surface area contributed by atoms with Crippen molar-refractivity contribution in [3.8, 4) is 11.5 Å². The average Bonchev–Trinajstić information content (AvgIpc) is 3.07. The molecule has 0 aliphatic carbocycles. The third kappa shape index (κ3) is 4.22. The molecule has 1 N–H and O–H groups in total. The lowest BCUT2D eigenvalue weighted by Gasteiger charge is -2.03. The number of carbonyl (C=O) groups excluding carboxylic acids is 1. The summed E-state index contributed by atoms with van der Waals surface area (Å²) >= 11 is 0. The van der Waals surface area contributed by atoms with Crippen LogP contribution in [0.3, 0.4) is 0 Å². The molecule has 3 aromatic rings. The zero-order valence-corrected chi connectivity index (χ0v) is 12.8. The molecule has 0 bridgehead atoms. The third-order valence-electron chi connectivity index (χ3n) is 3.31. The van der Waals surface area contributed by atoms with Gasteiger partial charge in [-0.1, -0.05) is 12.1 Å². The molecular weight excluding hydrogens is 311 g/mol. The topological polar surface area (TPSA) is 80.9 Å². The maximum atomic E-state index is 12.8. The predicted molar refractivity (Wildman–Crippen MR) is 84.3 cm³/mol. The van der Waals surface area contributed by atoms with Gasteiger partial charge in [0.05, 0.1) is 12.0 Å². The van der Waals surface area contributed by atoms with Gasteiger partial charge in [-0.2, -0.15) is 0 Å². The SMILES string of the molecule is O=C(Cc1ccc(F)cc1)NCCc1nnc(-c2cccnc2)o1. The first kappa shape index (κ1) is 15.8. The van der Waals surface area contributed by atoms with Crippen molar-refractivity contribution in [2.75, 3.05) is 6.54 Å². The maximum Gasteiger partial charge on any atom is 0.249 e. The Morgan fingerprint density at radius 2 is 2.00 bits per heavy atom. The van der Waals surface area contributed by atoms with Gasteiger partial charge in [-0.25, -0.2) is 4.39 Å². The van der Waals surface area contributed by atoms with E-state index >= 15 is 0 Å². The third-order valence-corrected chi connectivity index (χ3v) is 3.31. The maximum absolute atomic E-state index is 12.8. The van der Waals surface area contributed by atoms with E-state index in [2.05, 4.69) is 20.5 Å². The van der Waals surface area contributed by atoms with E-state index in [9.17, 15) is 9.18 Å². The van der Waals surface area contributed by atoms with E-state index in [1.165, 1.54) is 12.1 Å². The molecule has 24 heavy (non-hydrogen) atoms. The minimum absolute atomic E-state index is 0.145. The highest BCUT2D eigenvalue weighted by Gasteiger charge is 2.09. The zero-order valence-electron chi connectivity index (χ0n) is 12.8. The fraction of sp³-hybridized carbons (Fsp3) is 0.176. The fourth-order valence-corrected chi connectivity index (χ4v) is 2.12. The standard InChI is InChI=1S/C17H15FN4O2/c18-14-5-3-12(4-6-14)10-15(23)20-9-7-16-21-22-17(24-16)13-2-1-8-19-11-13/h1-6,8,11H,7,9-10H2,(H,20,23). The fourth-order valence-electron chi connectivity index (χ4n) is 2.12. The molecular formula is C17H15FN4O2. The quantitative estimate of drug-likeness (QED) is 0.751. The number of pyridine rings is 1. The summed E-state index contributed by atoms with van der Waals surface area (Å²) in [5, 5.41) is 10.7. The van der Waals surface area contributed by atoms with Crippen molar-refractivity contribution in [3.63, 3.8) is 0 Å². The summed E-state index contributed by atoms with van der Waals surface area (Å²) in [6.07, 6.45) is 3.94. The van der Waals surface area contributed by atoms with Crippen LogP contribution in [-0.2, 0) is 17.6 Å². The van der Waals surface area contributed by atoms with Gasteiger partial charge in [0.2, 0.25) is 17.7 Å². The van der Waals surface area contributed by atoms with E-state index in [-0.39, 0.29) is 18.1 Å². The molecule has 6 nitrogen and oxygen atoms in total. The second-order valence-electron chi connectivity index (χ2n) is 5.15. The molecule has 0 spiro atoms. The largest absolute Gasteiger partial charge is 0.421 e. The van der Waals surface area contributed by atoms with E-state index in [0.29, 0.717) is 24.7 Å². The Labute approximate surface area is 137 Å². The zero-order chi connectivity index (χ0) is 16.8. The Morgan fingerprint density at radius 1 is 1.17 bits per heavy atom. The summed E-state index contributed by atoms with van der Waals surface area (Å²) in [4.78, 5) is 15.8. The minimum Gasteiger partial charge on any atom is -0.421 e. The van der Waals surface area contributed by atoms with Gasteiger partial charge in [0.15, 0.2) is 0 Å². The molecule has 0 aliphatic heterocycles. The highest BCUT2D eigenvalue weighted by molar-refractivity contribution is 5.78. The van der Waals surface area contributed by atoms with Gasteiger partial charge in [0.25, 0.3) is 0 Å². The van der Waals surface area contributed by atoms with Crippen LogP contribution in [0.2, 0.25) is 0 Å². The second-order valence-corrected chi connectivity index (χ2v) is 5.15. The first-order chi connectivity index (χ1) is 11.7. The summed E-state index contributed by atoms with van der Waals surface area (Å²) in [7, 11) is 0. The van der Waals surface area contributed by atoms with Gasteiger partial charge in [0.1, 0.15) is 5.82 Å². The summed E-state index contributed by atoms with van der Waals surface area (Å²) in [5.74, 6) is 0.375. The Bertz CT molecular complexity index is 803. The van der Waals surface area contributed by atoms with Gasteiger partial charge < -0.3 is 9.73 Å². The van der Waals surface area contributed by atoms with Crippen LogP contribution < -0.4 is 5.32 Å². The van der Waals surface area contributed by atoms with E-state index in [4.69, 9.17) is 4.42 Å². The number of nitrogens with zero attached hydrogens (tertiary/aromatic N) is 3. The molecule has 3 rings (SSSR count). The summed E-state index contributed by atoms with van der Waals surface area (Å²) < 4.78 is 18.3. The van der Waals surface area contributed by atoms with Crippen molar-refractivity contribution in [2.24, 2.45) is 0 Å². The van der Waals surface area contributed by atoms with Crippen LogP contribution in [0.4, 0.5) is 4.39 Å². The second kappa shape index (κ2) is 7.45. The number of nitrogens with one attached hydrogen (secondary N) is 1. The van der Waals surface area contributed by atoms with Crippen LogP contribution >= 0.6 is 0 Å². The van der Waals surface area contributed by atoms with E-state index in [1.54, 1.807) is 30.6 Å². The smallest absolute Gasteiger partial charge is 0.249 e. The Balaban J connectivity index is 1.47. The van der Waals surface area contributed by atoms with Crippen molar-refractivity contribution in [1.82, 2.24) is 20.5 Å². The highest BCUT2D eigenvalue weighted by Crippen LogP contribution is 2.15. The number of carbonyl (C=O) groups is 1. The molecule has 122 valence electrons. The predicted octanol–water partition coefficient (Wildman–Crippen LogP) is 2.17. The van der Waals surface area contributed by atoms with Gasteiger partial charge in [0, 0.05) is 25.4 Å². The lowest BCUT2D eigenvalue weighted by atomic mass is 10.1. The van der Waals surface area contributed by atoms with Crippen LogP contribution in [-0.4, -0.2) is 27.6 Å². The van der Waals surface area contributed by atoms with E-state index in [1.807, 2.05) is 6.07 Å². The molecule has 0 fully saturated rings. The van der Waals surface area contributed by atoms with Crippen molar-refractivity contribution in [3.05, 3.63) is 66.1 Å². The lowest BCUT2D eigenvalue weighted by molar-refractivity contribution is -0.120. The summed E-state index contributed by atoms with van der Waals surface area (Å²) in [6, 6.07) is 9.46. The number of benzene rings is 1. The van der Waals surface area contributed by atoms with Gasteiger partial charge >= 0.3 is 0 Å². The molecule has 0 radical (unpaired) electrons. The van der Waals surface area contributed by atoms with Crippen LogP contribution in [0.1, 0.15) is 11.5 Å². The highest BCUT2D eigenvalue weighted by atomic mass is 19.1. The van der Waals surface area contributed by atoms with Gasteiger partial charge in [-0.15, -0.1) is 10.2 Å². The normalized spacial score (nSPS) is 10.5. The van der Waals surface area contributed by atoms with Crippen molar-refractivity contribution in [2.45, 2.75) is 12.8 Å². The van der Waals surface area contributed by atoms with Gasteiger partial charge in [-0.3, -0.25) is 9.78 Å². The number of rotatable bonds is 6. The van der Waals surface area contributed by atoms with Crippen LogP contribution in [0.5, 0.6) is 0 Å². The molecule has 0 unspecified atom stereocenters. The first-order valence-electron chi connectivity index (χ1n) is 7.44. The van der Waals surface area contributed by atoms with Crippen LogP contribution in [0.25, 0.3) is 11.5 Å². The molecule has 0 atom stereocenters. The Hall–Kier alpha value is -3.09. The lowest BCUT2D eigenvalue weighted by Crippen LogP contribution is -2.27. The number of amides is 1. The summed E-state index contributed by atoms with van der Waals surface area (Å²) in [5.41, 5.74) is 1.50. The molecule has 2 heterocycles.